The zero-order valence-corrected chi connectivity index (χ0v) is 12.9. The van der Waals surface area contributed by atoms with Crippen LogP contribution in [-0.4, -0.2) is 54.7 Å². The van der Waals surface area contributed by atoms with Crippen molar-refractivity contribution in [3.8, 4) is 0 Å². The molecule has 0 spiro atoms. The molecule has 1 fully saturated rings. The van der Waals surface area contributed by atoms with E-state index in [1.165, 1.54) is 4.31 Å². The number of alkyl halides is 4. The molecule has 114 valence electrons. The van der Waals surface area contributed by atoms with Crippen LogP contribution in [0.3, 0.4) is 0 Å². The second-order valence-corrected chi connectivity index (χ2v) is 7.18. The number of rotatable bonds is 5. The molecular formula is C10H18BrF3N2O2S. The first-order valence-electron chi connectivity index (χ1n) is 6.15. The van der Waals surface area contributed by atoms with E-state index in [9.17, 15) is 21.6 Å². The Morgan fingerprint density at radius 2 is 1.63 bits per heavy atom. The maximum atomic E-state index is 12.5. The highest BCUT2D eigenvalue weighted by Crippen LogP contribution is 2.22. The highest BCUT2D eigenvalue weighted by atomic mass is 79.9. The first-order chi connectivity index (χ1) is 8.77. The molecule has 0 N–H and O–H groups in total. The van der Waals surface area contributed by atoms with Crippen molar-refractivity contribution in [2.24, 2.45) is 0 Å². The second-order valence-electron chi connectivity index (χ2n) is 4.46. The molecule has 9 heteroatoms. The van der Waals surface area contributed by atoms with Gasteiger partial charge in [0, 0.05) is 25.0 Å². The van der Waals surface area contributed by atoms with Gasteiger partial charge in [0.05, 0.1) is 0 Å². The van der Waals surface area contributed by atoms with Crippen LogP contribution in [0.5, 0.6) is 0 Å². The van der Waals surface area contributed by atoms with E-state index in [0.29, 0.717) is 30.2 Å². The molecule has 1 aliphatic heterocycles. The van der Waals surface area contributed by atoms with Gasteiger partial charge in [0.25, 0.3) is 10.2 Å². The van der Waals surface area contributed by atoms with E-state index in [-0.39, 0.29) is 11.9 Å². The number of nitrogens with zero attached hydrogens (tertiary/aromatic N) is 2. The molecule has 1 rings (SSSR count). The lowest BCUT2D eigenvalue weighted by Crippen LogP contribution is -2.48. The van der Waals surface area contributed by atoms with Gasteiger partial charge in [-0.25, -0.2) is 0 Å². The lowest BCUT2D eigenvalue weighted by atomic mass is 10.2. The van der Waals surface area contributed by atoms with Crippen LogP contribution >= 0.6 is 15.9 Å². The molecule has 0 aromatic carbocycles. The summed E-state index contributed by atoms with van der Waals surface area (Å²) in [5.41, 5.74) is 0. The minimum Gasteiger partial charge on any atom is -0.195 e. The van der Waals surface area contributed by atoms with Gasteiger partial charge < -0.3 is 0 Å². The van der Waals surface area contributed by atoms with Crippen LogP contribution in [0.25, 0.3) is 0 Å². The van der Waals surface area contributed by atoms with Gasteiger partial charge in [-0.1, -0.05) is 28.8 Å². The van der Waals surface area contributed by atoms with E-state index in [0.717, 1.165) is 12.8 Å². The van der Waals surface area contributed by atoms with Gasteiger partial charge in [-0.05, 0) is 12.8 Å². The van der Waals surface area contributed by atoms with Crippen molar-refractivity contribution < 1.29 is 21.6 Å². The van der Waals surface area contributed by atoms with Gasteiger partial charge in [0.15, 0.2) is 0 Å². The van der Waals surface area contributed by atoms with E-state index in [1.807, 2.05) is 0 Å². The molecule has 0 radical (unpaired) electrons. The highest BCUT2D eigenvalue weighted by Gasteiger charge is 2.38. The highest BCUT2D eigenvalue weighted by molar-refractivity contribution is 9.09. The van der Waals surface area contributed by atoms with Crippen LogP contribution in [0.15, 0.2) is 0 Å². The quantitative estimate of drug-likeness (QED) is 0.700. The number of hydrogen-bond acceptors (Lipinski definition) is 2. The van der Waals surface area contributed by atoms with Gasteiger partial charge in [0.2, 0.25) is 0 Å². The average molecular weight is 367 g/mol. The van der Waals surface area contributed by atoms with E-state index in [4.69, 9.17) is 0 Å². The molecule has 1 saturated heterocycles. The largest absolute Gasteiger partial charge is 0.402 e. The summed E-state index contributed by atoms with van der Waals surface area (Å²) in [7, 11) is -4.03. The molecule has 1 heterocycles. The topological polar surface area (TPSA) is 40.6 Å². The van der Waals surface area contributed by atoms with Crippen LogP contribution < -0.4 is 0 Å². The molecular weight excluding hydrogens is 349 g/mol. The summed E-state index contributed by atoms with van der Waals surface area (Å²) in [6.45, 7) is -1.01. The SMILES string of the molecule is O=S(=O)(N1CCCCCC1)N(CCBr)CC(F)(F)F. The molecule has 0 atom stereocenters. The molecule has 0 aromatic heterocycles. The smallest absolute Gasteiger partial charge is 0.195 e. The van der Waals surface area contributed by atoms with Crippen molar-refractivity contribution in [1.82, 2.24) is 8.61 Å². The Balaban J connectivity index is 2.84. The number of halogens is 4. The summed E-state index contributed by atoms with van der Waals surface area (Å²) in [6.07, 6.45) is -1.28. The van der Waals surface area contributed by atoms with Gasteiger partial charge in [-0.15, -0.1) is 0 Å². The Labute approximate surface area is 120 Å². The average Bonchev–Trinajstić information content (AvgIpc) is 2.55. The van der Waals surface area contributed by atoms with Crippen molar-refractivity contribution in [3.05, 3.63) is 0 Å². The van der Waals surface area contributed by atoms with E-state index < -0.39 is 22.9 Å². The summed E-state index contributed by atoms with van der Waals surface area (Å²) >= 11 is 3.00. The van der Waals surface area contributed by atoms with E-state index in [2.05, 4.69) is 15.9 Å². The molecule has 0 bridgehead atoms. The molecule has 0 unspecified atom stereocenters. The molecule has 0 amide bonds. The number of hydrogen-bond donors (Lipinski definition) is 0. The van der Waals surface area contributed by atoms with Crippen molar-refractivity contribution in [1.29, 1.82) is 0 Å². The minimum absolute atomic E-state index is 0.177. The van der Waals surface area contributed by atoms with Crippen LogP contribution in [-0.2, 0) is 10.2 Å². The fourth-order valence-corrected chi connectivity index (χ4v) is 4.35. The van der Waals surface area contributed by atoms with Gasteiger partial charge in [-0.3, -0.25) is 0 Å². The van der Waals surface area contributed by atoms with Crippen LogP contribution in [0.4, 0.5) is 13.2 Å². The second kappa shape index (κ2) is 7.24. The van der Waals surface area contributed by atoms with Crippen molar-refractivity contribution in [2.45, 2.75) is 31.9 Å². The molecule has 4 nitrogen and oxygen atoms in total. The fourth-order valence-electron chi connectivity index (χ4n) is 2.01. The van der Waals surface area contributed by atoms with Crippen molar-refractivity contribution in [3.63, 3.8) is 0 Å². The van der Waals surface area contributed by atoms with Crippen LogP contribution in [0.2, 0.25) is 0 Å². The maximum Gasteiger partial charge on any atom is 0.402 e. The molecule has 19 heavy (non-hydrogen) atoms. The summed E-state index contributed by atoms with van der Waals surface area (Å²) in [5.74, 6) is 0. The van der Waals surface area contributed by atoms with Crippen molar-refractivity contribution >= 4 is 26.1 Å². The molecule has 0 aromatic rings. The lowest BCUT2D eigenvalue weighted by molar-refractivity contribution is -0.136. The Bertz CT molecular complexity index is 367. The first kappa shape index (κ1) is 17.2. The van der Waals surface area contributed by atoms with Crippen LogP contribution in [0, 0.1) is 0 Å². The minimum atomic E-state index is -4.53. The van der Waals surface area contributed by atoms with E-state index >= 15 is 0 Å². The van der Waals surface area contributed by atoms with Crippen LogP contribution in [0.1, 0.15) is 25.7 Å². The third-order valence-corrected chi connectivity index (χ3v) is 5.24. The normalized spacial score (nSPS) is 19.6. The monoisotopic (exact) mass is 366 g/mol. The summed E-state index contributed by atoms with van der Waals surface area (Å²) in [4.78, 5) is 0. The Morgan fingerprint density at radius 3 is 2.05 bits per heavy atom. The zero-order valence-electron chi connectivity index (χ0n) is 10.5. The Morgan fingerprint density at radius 1 is 1.11 bits per heavy atom. The lowest BCUT2D eigenvalue weighted by Gasteiger charge is -2.29. The fraction of sp³-hybridized carbons (Fsp3) is 1.00. The predicted molar refractivity (Wildman–Crippen MR) is 70.4 cm³/mol. The standard InChI is InChI=1S/C10H18BrF3N2O2S/c11-5-8-16(9-10(12,13)14)19(17,18)15-6-3-1-2-4-7-15/h1-9H2. The van der Waals surface area contributed by atoms with Gasteiger partial charge >= 0.3 is 6.18 Å². The Hall–Kier alpha value is 0.140. The summed E-state index contributed by atoms with van der Waals surface area (Å²) in [5, 5.41) is 0.177. The zero-order chi connectivity index (χ0) is 14.5. The van der Waals surface area contributed by atoms with E-state index in [1.54, 1.807) is 0 Å². The molecule has 1 aliphatic rings. The van der Waals surface area contributed by atoms with Crippen molar-refractivity contribution in [2.75, 3.05) is 31.5 Å². The van der Waals surface area contributed by atoms with Gasteiger partial charge in [-0.2, -0.15) is 30.2 Å². The third-order valence-electron chi connectivity index (χ3n) is 2.91. The van der Waals surface area contributed by atoms with Gasteiger partial charge in [0.1, 0.15) is 6.54 Å². The third kappa shape index (κ3) is 5.57. The summed E-state index contributed by atoms with van der Waals surface area (Å²) < 4.78 is 63.6. The Kier molecular flexibility index (Phi) is 6.55. The molecule has 0 aliphatic carbocycles. The predicted octanol–water partition coefficient (Wildman–Crippen LogP) is 2.37. The molecule has 0 saturated carbocycles. The maximum absolute atomic E-state index is 12.5. The first-order valence-corrected chi connectivity index (χ1v) is 8.67. The summed E-state index contributed by atoms with van der Waals surface area (Å²) in [6, 6.07) is 0.